The minimum Gasteiger partial charge on any atom is -0.353 e. The fourth-order valence-corrected chi connectivity index (χ4v) is 2.81. The molecule has 0 aromatic carbocycles. The van der Waals surface area contributed by atoms with Crippen molar-refractivity contribution >= 4 is 5.78 Å². The van der Waals surface area contributed by atoms with E-state index >= 15 is 0 Å². The summed E-state index contributed by atoms with van der Waals surface area (Å²) in [7, 11) is 3.31. The summed E-state index contributed by atoms with van der Waals surface area (Å²) in [6.07, 6.45) is 0.625. The van der Waals surface area contributed by atoms with Crippen LogP contribution in [0.15, 0.2) is 0 Å². The summed E-state index contributed by atoms with van der Waals surface area (Å²) >= 11 is 0. The highest BCUT2D eigenvalue weighted by Crippen LogP contribution is 2.65. The lowest BCUT2D eigenvalue weighted by Gasteiger charge is -2.28. The summed E-state index contributed by atoms with van der Waals surface area (Å²) in [5.41, 5.74) is 0.131. The largest absolute Gasteiger partial charge is 0.353 e. The predicted molar refractivity (Wildman–Crippen MR) is 58.5 cm³/mol. The van der Waals surface area contributed by atoms with Gasteiger partial charge in [-0.2, -0.15) is 0 Å². The smallest absolute Gasteiger partial charge is 0.168 e. The second-order valence-electron chi connectivity index (χ2n) is 5.24. The van der Waals surface area contributed by atoms with E-state index in [-0.39, 0.29) is 11.2 Å². The van der Waals surface area contributed by atoms with Crippen LogP contribution in [0.3, 0.4) is 0 Å². The molecule has 3 nitrogen and oxygen atoms in total. The van der Waals surface area contributed by atoms with Crippen molar-refractivity contribution < 1.29 is 14.3 Å². The third-order valence-electron chi connectivity index (χ3n) is 3.93. The van der Waals surface area contributed by atoms with Crippen LogP contribution in [0.4, 0.5) is 0 Å². The Kier molecular flexibility index (Phi) is 3.27. The fourth-order valence-electron chi connectivity index (χ4n) is 2.81. The van der Waals surface area contributed by atoms with Gasteiger partial charge in [0.1, 0.15) is 5.78 Å². The number of rotatable bonds is 5. The summed E-state index contributed by atoms with van der Waals surface area (Å²) in [5.74, 6) is 0.345. The van der Waals surface area contributed by atoms with Crippen molar-refractivity contribution in [2.24, 2.45) is 17.3 Å². The summed E-state index contributed by atoms with van der Waals surface area (Å²) in [6.45, 7) is 7.92. The number of hydrogen-bond donors (Lipinski definition) is 0. The van der Waals surface area contributed by atoms with Crippen LogP contribution in [0.25, 0.3) is 0 Å². The molecular weight excluding hydrogens is 192 g/mol. The Hall–Kier alpha value is -0.410. The number of ether oxygens (including phenoxy) is 2. The number of hydrogen-bond acceptors (Lipinski definition) is 3. The number of carbonyl (C=O) groups excluding carboxylic acids is 1. The zero-order valence-electron chi connectivity index (χ0n) is 10.6. The van der Waals surface area contributed by atoms with E-state index in [9.17, 15) is 4.79 Å². The quantitative estimate of drug-likeness (QED) is 0.658. The SMILES string of the molecule is COC(C)(OC)C1C(CC(C)=O)C1(C)C. The fraction of sp³-hybridized carbons (Fsp3) is 0.917. The van der Waals surface area contributed by atoms with Crippen LogP contribution in [-0.2, 0) is 14.3 Å². The van der Waals surface area contributed by atoms with E-state index in [1.807, 2.05) is 6.92 Å². The lowest BCUT2D eigenvalue weighted by molar-refractivity contribution is -0.214. The summed E-state index contributed by atoms with van der Waals surface area (Å²) in [5, 5.41) is 0. The van der Waals surface area contributed by atoms with Gasteiger partial charge in [0.15, 0.2) is 5.79 Å². The Bertz CT molecular complexity index is 254. The van der Waals surface area contributed by atoms with E-state index < -0.39 is 5.79 Å². The Morgan fingerprint density at radius 3 is 2.13 bits per heavy atom. The highest BCUT2D eigenvalue weighted by molar-refractivity contribution is 5.76. The zero-order chi connectivity index (χ0) is 11.9. The average Bonchev–Trinajstić information content (AvgIpc) is 2.67. The molecule has 0 aromatic rings. The minimum atomic E-state index is -0.566. The van der Waals surface area contributed by atoms with E-state index in [2.05, 4.69) is 13.8 Å². The van der Waals surface area contributed by atoms with Crippen molar-refractivity contribution in [3.05, 3.63) is 0 Å². The molecule has 0 amide bonds. The topological polar surface area (TPSA) is 35.5 Å². The Morgan fingerprint density at radius 2 is 1.80 bits per heavy atom. The van der Waals surface area contributed by atoms with Gasteiger partial charge in [0.25, 0.3) is 0 Å². The van der Waals surface area contributed by atoms with Crippen molar-refractivity contribution in [2.45, 2.75) is 39.9 Å². The van der Waals surface area contributed by atoms with Gasteiger partial charge in [0.05, 0.1) is 0 Å². The van der Waals surface area contributed by atoms with Crippen LogP contribution < -0.4 is 0 Å². The third-order valence-corrected chi connectivity index (χ3v) is 3.93. The molecule has 0 bridgehead atoms. The van der Waals surface area contributed by atoms with Crippen molar-refractivity contribution in [2.75, 3.05) is 14.2 Å². The number of carbonyl (C=O) groups is 1. The molecule has 1 rings (SSSR count). The van der Waals surface area contributed by atoms with Gasteiger partial charge in [-0.3, -0.25) is 0 Å². The molecule has 1 aliphatic carbocycles. The van der Waals surface area contributed by atoms with Crippen molar-refractivity contribution in [3.8, 4) is 0 Å². The normalized spacial score (nSPS) is 28.9. The molecule has 15 heavy (non-hydrogen) atoms. The molecule has 1 fully saturated rings. The lowest BCUT2D eigenvalue weighted by Crippen LogP contribution is -2.34. The molecule has 0 saturated heterocycles. The molecule has 88 valence electrons. The van der Waals surface area contributed by atoms with Crippen LogP contribution in [-0.4, -0.2) is 25.8 Å². The predicted octanol–water partition coefficient (Wildman–Crippen LogP) is 2.25. The summed E-state index contributed by atoms with van der Waals surface area (Å²) in [6, 6.07) is 0. The molecule has 1 aliphatic rings. The molecule has 3 heteroatoms. The van der Waals surface area contributed by atoms with Gasteiger partial charge in [-0.15, -0.1) is 0 Å². The van der Waals surface area contributed by atoms with Crippen molar-refractivity contribution in [3.63, 3.8) is 0 Å². The third kappa shape index (κ3) is 2.08. The standard InChI is InChI=1S/C12H22O3/c1-8(13)7-9-10(11(9,2)3)12(4,14-5)15-6/h9-10H,7H2,1-6H3. The molecule has 0 aromatic heterocycles. The number of ketones is 1. The number of Topliss-reactive ketones (excluding diaryl/α,β-unsaturated/α-hetero) is 1. The Labute approximate surface area is 92.1 Å². The minimum absolute atomic E-state index is 0.131. The summed E-state index contributed by atoms with van der Waals surface area (Å²) < 4.78 is 10.8. The number of methoxy groups -OCH3 is 2. The van der Waals surface area contributed by atoms with Gasteiger partial charge in [0.2, 0.25) is 0 Å². The molecule has 1 saturated carbocycles. The van der Waals surface area contributed by atoms with E-state index in [1.165, 1.54) is 0 Å². The lowest BCUT2D eigenvalue weighted by atomic mass is 10.0. The maximum atomic E-state index is 11.1. The highest BCUT2D eigenvalue weighted by atomic mass is 16.7. The first-order chi connectivity index (χ1) is 6.79. The molecule has 2 unspecified atom stereocenters. The van der Waals surface area contributed by atoms with E-state index in [4.69, 9.17) is 9.47 Å². The first-order valence-corrected chi connectivity index (χ1v) is 5.39. The van der Waals surface area contributed by atoms with Crippen LogP contribution in [0.5, 0.6) is 0 Å². The molecule has 0 heterocycles. The van der Waals surface area contributed by atoms with Gasteiger partial charge in [0, 0.05) is 26.6 Å². The molecule has 2 atom stereocenters. The van der Waals surface area contributed by atoms with Gasteiger partial charge in [-0.1, -0.05) is 13.8 Å². The second kappa shape index (κ2) is 3.87. The van der Waals surface area contributed by atoms with Crippen LogP contribution in [0, 0.1) is 17.3 Å². The Balaban J connectivity index is 2.76. The van der Waals surface area contributed by atoms with E-state index in [0.717, 1.165) is 0 Å². The molecule has 0 radical (unpaired) electrons. The van der Waals surface area contributed by atoms with E-state index in [1.54, 1.807) is 21.1 Å². The maximum absolute atomic E-state index is 11.1. The van der Waals surface area contributed by atoms with Crippen LogP contribution in [0.2, 0.25) is 0 Å². The monoisotopic (exact) mass is 214 g/mol. The first kappa shape index (κ1) is 12.7. The molecule has 0 N–H and O–H groups in total. The first-order valence-electron chi connectivity index (χ1n) is 5.39. The Morgan fingerprint density at radius 1 is 1.33 bits per heavy atom. The second-order valence-corrected chi connectivity index (χ2v) is 5.24. The molecular formula is C12H22O3. The van der Waals surface area contributed by atoms with Gasteiger partial charge in [-0.25, -0.2) is 0 Å². The zero-order valence-corrected chi connectivity index (χ0v) is 10.6. The average molecular weight is 214 g/mol. The highest BCUT2D eigenvalue weighted by Gasteiger charge is 2.66. The van der Waals surface area contributed by atoms with Gasteiger partial charge < -0.3 is 14.3 Å². The van der Waals surface area contributed by atoms with Gasteiger partial charge >= 0.3 is 0 Å². The van der Waals surface area contributed by atoms with Gasteiger partial charge in [-0.05, 0) is 25.2 Å². The molecule has 0 spiro atoms. The summed E-state index contributed by atoms with van der Waals surface area (Å²) in [4.78, 5) is 11.1. The van der Waals surface area contributed by atoms with Crippen molar-refractivity contribution in [1.29, 1.82) is 0 Å². The van der Waals surface area contributed by atoms with E-state index in [0.29, 0.717) is 18.3 Å². The molecule has 0 aliphatic heterocycles. The van der Waals surface area contributed by atoms with Crippen LogP contribution >= 0.6 is 0 Å². The maximum Gasteiger partial charge on any atom is 0.168 e. The van der Waals surface area contributed by atoms with Crippen LogP contribution in [0.1, 0.15) is 34.1 Å². The van der Waals surface area contributed by atoms with Crippen molar-refractivity contribution in [1.82, 2.24) is 0 Å².